The number of amidine groups is 1. The number of aromatic nitrogens is 2. The van der Waals surface area contributed by atoms with Crippen LogP contribution in [0.3, 0.4) is 0 Å². The normalized spacial score (nSPS) is 23.3. The van der Waals surface area contributed by atoms with Crippen molar-refractivity contribution in [1.82, 2.24) is 15.1 Å². The molecule has 1 fully saturated rings. The van der Waals surface area contributed by atoms with E-state index < -0.39 is 0 Å². The smallest absolute Gasteiger partial charge is 0.156 e. The molecular formula is C10H16N4S. The molecule has 0 aliphatic carbocycles. The lowest BCUT2D eigenvalue weighted by molar-refractivity contribution is 0.624. The lowest BCUT2D eigenvalue weighted by atomic mass is 10.4. The molecule has 1 atom stereocenters. The number of nitrogens with zero attached hydrogens (tertiary/aromatic N) is 3. The van der Waals surface area contributed by atoms with Crippen LogP contribution in [0.2, 0.25) is 0 Å². The van der Waals surface area contributed by atoms with Crippen molar-refractivity contribution in [2.75, 3.05) is 12.3 Å². The summed E-state index contributed by atoms with van der Waals surface area (Å²) in [6, 6.07) is 0.556. The van der Waals surface area contributed by atoms with Crippen molar-refractivity contribution in [2.24, 2.45) is 4.99 Å². The van der Waals surface area contributed by atoms with E-state index in [9.17, 15) is 0 Å². The van der Waals surface area contributed by atoms with Crippen LogP contribution in [0, 0.1) is 6.92 Å². The molecule has 2 heterocycles. The van der Waals surface area contributed by atoms with E-state index in [2.05, 4.69) is 22.3 Å². The molecule has 0 radical (unpaired) electrons. The van der Waals surface area contributed by atoms with Crippen molar-refractivity contribution in [2.45, 2.75) is 26.4 Å². The molecule has 2 rings (SSSR count). The molecule has 1 aliphatic rings. The summed E-state index contributed by atoms with van der Waals surface area (Å²) in [5, 5.41) is 8.62. The topological polar surface area (TPSA) is 42.2 Å². The SMILES string of the molecule is Cc1cnn(CCN=C2NC(C)CS2)c1. The second-order valence-electron chi connectivity index (χ2n) is 3.82. The van der Waals surface area contributed by atoms with Gasteiger partial charge in [-0.3, -0.25) is 9.67 Å². The fourth-order valence-corrected chi connectivity index (χ4v) is 2.39. The Bertz CT molecular complexity index is 358. The molecule has 15 heavy (non-hydrogen) atoms. The van der Waals surface area contributed by atoms with E-state index in [1.807, 2.05) is 24.0 Å². The summed E-state index contributed by atoms with van der Waals surface area (Å²) in [6.45, 7) is 5.87. The van der Waals surface area contributed by atoms with Gasteiger partial charge < -0.3 is 5.32 Å². The Balaban J connectivity index is 1.79. The molecule has 4 nitrogen and oxygen atoms in total. The molecule has 5 heteroatoms. The maximum atomic E-state index is 4.49. The maximum Gasteiger partial charge on any atom is 0.156 e. The van der Waals surface area contributed by atoms with Gasteiger partial charge in [-0.05, 0) is 19.4 Å². The molecule has 1 aromatic heterocycles. The lowest BCUT2D eigenvalue weighted by Crippen LogP contribution is -2.23. The van der Waals surface area contributed by atoms with Crippen LogP contribution in [0.25, 0.3) is 0 Å². The van der Waals surface area contributed by atoms with Crippen LogP contribution in [0.15, 0.2) is 17.4 Å². The van der Waals surface area contributed by atoms with Gasteiger partial charge in [-0.1, -0.05) is 11.8 Å². The monoisotopic (exact) mass is 224 g/mol. The molecule has 1 aliphatic heterocycles. The Morgan fingerprint density at radius 2 is 2.60 bits per heavy atom. The van der Waals surface area contributed by atoms with Crippen molar-refractivity contribution in [3.05, 3.63) is 18.0 Å². The van der Waals surface area contributed by atoms with Crippen molar-refractivity contribution >= 4 is 16.9 Å². The molecule has 1 aromatic rings. The zero-order valence-electron chi connectivity index (χ0n) is 9.10. The number of thioether (sulfide) groups is 1. The third-order valence-electron chi connectivity index (χ3n) is 2.19. The van der Waals surface area contributed by atoms with Gasteiger partial charge in [-0.2, -0.15) is 5.10 Å². The summed E-state index contributed by atoms with van der Waals surface area (Å²) < 4.78 is 1.93. The van der Waals surface area contributed by atoms with Crippen molar-refractivity contribution in [1.29, 1.82) is 0 Å². The second kappa shape index (κ2) is 4.70. The standard InChI is InChI=1S/C10H16N4S/c1-8-5-12-14(6-8)4-3-11-10-13-9(2)7-15-10/h5-6,9H,3-4,7H2,1-2H3,(H,11,13). The zero-order valence-corrected chi connectivity index (χ0v) is 9.92. The van der Waals surface area contributed by atoms with Gasteiger partial charge in [0.15, 0.2) is 5.17 Å². The van der Waals surface area contributed by atoms with Crippen molar-refractivity contribution in [3.63, 3.8) is 0 Å². The first-order chi connectivity index (χ1) is 7.24. The molecule has 0 aromatic carbocycles. The van der Waals surface area contributed by atoms with Crippen molar-refractivity contribution in [3.8, 4) is 0 Å². The van der Waals surface area contributed by atoms with E-state index in [1.165, 1.54) is 5.56 Å². The highest BCUT2D eigenvalue weighted by atomic mass is 32.2. The van der Waals surface area contributed by atoms with Gasteiger partial charge in [-0.25, -0.2) is 0 Å². The maximum absolute atomic E-state index is 4.49. The molecular weight excluding hydrogens is 208 g/mol. The molecule has 1 unspecified atom stereocenters. The van der Waals surface area contributed by atoms with E-state index in [0.29, 0.717) is 6.04 Å². The highest BCUT2D eigenvalue weighted by Crippen LogP contribution is 2.12. The van der Waals surface area contributed by atoms with Crippen LogP contribution in [0.4, 0.5) is 0 Å². The minimum absolute atomic E-state index is 0.556. The Kier molecular flexibility index (Phi) is 3.30. The third-order valence-corrected chi connectivity index (χ3v) is 3.37. The van der Waals surface area contributed by atoms with Crippen LogP contribution < -0.4 is 5.32 Å². The summed E-state index contributed by atoms with van der Waals surface area (Å²) >= 11 is 1.80. The fraction of sp³-hybridized carbons (Fsp3) is 0.600. The van der Waals surface area contributed by atoms with Gasteiger partial charge in [-0.15, -0.1) is 0 Å². The van der Waals surface area contributed by atoms with Crippen LogP contribution in [-0.2, 0) is 6.54 Å². The molecule has 1 saturated heterocycles. The number of aryl methyl sites for hydroxylation is 1. The molecule has 0 bridgehead atoms. The molecule has 0 spiro atoms. The van der Waals surface area contributed by atoms with Crippen LogP contribution >= 0.6 is 11.8 Å². The number of hydrogen-bond donors (Lipinski definition) is 1. The number of hydrogen-bond acceptors (Lipinski definition) is 3. The summed E-state index contributed by atoms with van der Waals surface area (Å²) in [7, 11) is 0. The Morgan fingerprint density at radius 3 is 3.20 bits per heavy atom. The number of aliphatic imine (C=N–C) groups is 1. The van der Waals surface area contributed by atoms with E-state index in [4.69, 9.17) is 0 Å². The summed E-state index contributed by atoms with van der Waals surface area (Å²) in [4.78, 5) is 4.49. The molecule has 82 valence electrons. The van der Waals surface area contributed by atoms with Gasteiger partial charge in [0.1, 0.15) is 0 Å². The van der Waals surface area contributed by atoms with Gasteiger partial charge >= 0.3 is 0 Å². The summed E-state index contributed by atoms with van der Waals surface area (Å²) in [6.07, 6.45) is 3.91. The molecule has 1 N–H and O–H groups in total. The Labute approximate surface area is 94.2 Å². The van der Waals surface area contributed by atoms with Crippen molar-refractivity contribution < 1.29 is 0 Å². The number of nitrogens with one attached hydrogen (secondary N) is 1. The van der Waals surface area contributed by atoms with Crippen LogP contribution in [0.5, 0.6) is 0 Å². The predicted octanol–water partition coefficient (Wildman–Crippen LogP) is 1.27. The highest BCUT2D eigenvalue weighted by Gasteiger charge is 2.14. The first kappa shape index (κ1) is 10.5. The summed E-state index contributed by atoms with van der Waals surface area (Å²) in [5.41, 5.74) is 1.20. The third kappa shape index (κ3) is 2.99. The fourth-order valence-electron chi connectivity index (χ4n) is 1.43. The first-order valence-corrected chi connectivity index (χ1v) is 6.15. The minimum Gasteiger partial charge on any atom is -0.362 e. The second-order valence-corrected chi connectivity index (χ2v) is 4.83. The molecule has 0 amide bonds. The van der Waals surface area contributed by atoms with E-state index >= 15 is 0 Å². The number of rotatable bonds is 3. The average Bonchev–Trinajstić information content (AvgIpc) is 2.76. The van der Waals surface area contributed by atoms with Crippen LogP contribution in [0.1, 0.15) is 12.5 Å². The first-order valence-electron chi connectivity index (χ1n) is 5.17. The Hall–Kier alpha value is -0.970. The minimum atomic E-state index is 0.556. The predicted molar refractivity (Wildman–Crippen MR) is 64.3 cm³/mol. The molecule has 0 saturated carbocycles. The zero-order chi connectivity index (χ0) is 10.7. The van der Waals surface area contributed by atoms with Crippen LogP contribution in [-0.4, -0.2) is 33.3 Å². The highest BCUT2D eigenvalue weighted by molar-refractivity contribution is 8.14. The van der Waals surface area contributed by atoms with Gasteiger partial charge in [0.05, 0.1) is 19.3 Å². The largest absolute Gasteiger partial charge is 0.362 e. The van der Waals surface area contributed by atoms with Gasteiger partial charge in [0.2, 0.25) is 0 Å². The summed E-state index contributed by atoms with van der Waals surface area (Å²) in [5.74, 6) is 1.12. The van der Waals surface area contributed by atoms with E-state index in [0.717, 1.165) is 24.0 Å². The Morgan fingerprint density at radius 1 is 1.73 bits per heavy atom. The van der Waals surface area contributed by atoms with Gasteiger partial charge in [0, 0.05) is 18.0 Å². The quantitative estimate of drug-likeness (QED) is 0.841. The van der Waals surface area contributed by atoms with E-state index in [-0.39, 0.29) is 0 Å². The van der Waals surface area contributed by atoms with Gasteiger partial charge in [0.25, 0.3) is 0 Å². The lowest BCUT2D eigenvalue weighted by Gasteiger charge is -2.01. The average molecular weight is 224 g/mol. The van der Waals surface area contributed by atoms with E-state index in [1.54, 1.807) is 11.8 Å².